The lowest BCUT2D eigenvalue weighted by molar-refractivity contribution is 0.0379. The minimum atomic E-state index is -0.429. The summed E-state index contributed by atoms with van der Waals surface area (Å²) in [5, 5.41) is 9.09. The van der Waals surface area contributed by atoms with Gasteiger partial charge < -0.3 is 10.1 Å². The molecule has 0 fully saturated rings. The van der Waals surface area contributed by atoms with E-state index in [1.165, 1.54) is 0 Å². The molecule has 0 amide bonds. The summed E-state index contributed by atoms with van der Waals surface area (Å²) < 4.78 is 7.21. The molecule has 6 nitrogen and oxygen atoms in total. The van der Waals surface area contributed by atoms with E-state index in [-0.39, 0.29) is 11.5 Å². The standard InChI is InChI=1S/C26H26Cl2N4O2/c1-17(2)34-26(33)22-14-30-25-21(24(22)29-12-11-18-7-6-10-20(27)13-18)15-31-32(25)16-23(28)19-8-4-3-5-9-19/h3-10,13-15,17,23H,11-12,16H2,1-2H3,(H,29,30). The predicted octanol–water partition coefficient (Wildman–Crippen LogP) is 6.28. The molecule has 0 aliphatic heterocycles. The van der Waals surface area contributed by atoms with Crippen LogP contribution in [-0.2, 0) is 17.7 Å². The van der Waals surface area contributed by atoms with E-state index in [1.807, 2.05) is 68.4 Å². The highest BCUT2D eigenvalue weighted by Gasteiger charge is 2.21. The lowest BCUT2D eigenvalue weighted by atomic mass is 10.1. The number of nitrogens with zero attached hydrogens (tertiary/aromatic N) is 3. The van der Waals surface area contributed by atoms with Crippen LogP contribution < -0.4 is 5.32 Å². The number of carbonyl (C=O) groups is 1. The second-order valence-electron chi connectivity index (χ2n) is 8.25. The average molecular weight is 497 g/mol. The molecule has 0 saturated heterocycles. The fourth-order valence-electron chi connectivity index (χ4n) is 3.73. The Labute approximate surface area is 208 Å². The summed E-state index contributed by atoms with van der Waals surface area (Å²) >= 11 is 12.8. The first-order chi connectivity index (χ1) is 16.4. The predicted molar refractivity (Wildman–Crippen MR) is 137 cm³/mol. The Morgan fingerprint density at radius 3 is 2.65 bits per heavy atom. The van der Waals surface area contributed by atoms with Gasteiger partial charge >= 0.3 is 5.97 Å². The maximum absolute atomic E-state index is 12.8. The Morgan fingerprint density at radius 1 is 1.12 bits per heavy atom. The number of anilines is 1. The van der Waals surface area contributed by atoms with Gasteiger partial charge in [0.2, 0.25) is 0 Å². The van der Waals surface area contributed by atoms with Crippen molar-refractivity contribution in [3.8, 4) is 0 Å². The molecule has 2 aromatic carbocycles. The van der Waals surface area contributed by atoms with Gasteiger partial charge in [0.1, 0.15) is 5.56 Å². The van der Waals surface area contributed by atoms with Gasteiger partial charge in [-0.05, 0) is 43.5 Å². The zero-order valence-electron chi connectivity index (χ0n) is 19.0. The van der Waals surface area contributed by atoms with Crippen LogP contribution in [0.15, 0.2) is 67.0 Å². The highest BCUT2D eigenvalue weighted by atomic mass is 35.5. The molecule has 4 aromatic rings. The Hall–Kier alpha value is -3.09. The number of pyridine rings is 1. The Bertz CT molecular complexity index is 1270. The fraction of sp³-hybridized carbons (Fsp3) is 0.269. The number of hydrogen-bond donors (Lipinski definition) is 1. The van der Waals surface area contributed by atoms with Crippen molar-refractivity contribution in [1.82, 2.24) is 14.8 Å². The van der Waals surface area contributed by atoms with Gasteiger partial charge in [-0.25, -0.2) is 14.5 Å². The van der Waals surface area contributed by atoms with Crippen LogP contribution in [0.25, 0.3) is 11.0 Å². The summed E-state index contributed by atoms with van der Waals surface area (Å²) in [6.07, 6.45) is 3.74. The average Bonchev–Trinajstić information content (AvgIpc) is 3.22. The molecule has 0 aliphatic rings. The second kappa shape index (κ2) is 10.9. The molecule has 1 unspecified atom stereocenters. The minimum Gasteiger partial charge on any atom is -0.459 e. The van der Waals surface area contributed by atoms with Gasteiger partial charge in [-0.2, -0.15) is 5.10 Å². The highest BCUT2D eigenvalue weighted by molar-refractivity contribution is 6.30. The molecule has 0 bridgehead atoms. The molecule has 0 radical (unpaired) electrons. The monoisotopic (exact) mass is 496 g/mol. The SMILES string of the molecule is CC(C)OC(=O)c1cnc2c(cnn2CC(Cl)c2ccccc2)c1NCCc1cccc(Cl)c1. The molecule has 8 heteroatoms. The maximum Gasteiger partial charge on any atom is 0.342 e. The number of ether oxygens (including phenoxy) is 1. The van der Waals surface area contributed by atoms with E-state index in [0.717, 1.165) is 22.9 Å². The normalized spacial score (nSPS) is 12.1. The number of rotatable bonds is 9. The molecule has 0 spiro atoms. The van der Waals surface area contributed by atoms with Crippen molar-refractivity contribution in [2.24, 2.45) is 0 Å². The van der Waals surface area contributed by atoms with Crippen molar-refractivity contribution in [2.75, 3.05) is 11.9 Å². The first kappa shape index (κ1) is 24.0. The van der Waals surface area contributed by atoms with Crippen LogP contribution in [0.4, 0.5) is 5.69 Å². The minimum absolute atomic E-state index is 0.242. The molecule has 0 saturated carbocycles. The molecule has 34 heavy (non-hydrogen) atoms. The van der Waals surface area contributed by atoms with Crippen LogP contribution in [-0.4, -0.2) is 33.4 Å². The fourth-order valence-corrected chi connectivity index (χ4v) is 4.22. The zero-order chi connectivity index (χ0) is 24.1. The van der Waals surface area contributed by atoms with Gasteiger partial charge in [0.05, 0.1) is 35.3 Å². The summed E-state index contributed by atoms with van der Waals surface area (Å²) in [6, 6.07) is 17.6. The Morgan fingerprint density at radius 2 is 1.91 bits per heavy atom. The van der Waals surface area contributed by atoms with Crippen LogP contribution in [0.5, 0.6) is 0 Å². The summed E-state index contributed by atoms with van der Waals surface area (Å²) in [5.74, 6) is -0.429. The molecule has 0 aliphatic carbocycles. The molecular weight excluding hydrogens is 471 g/mol. The summed E-state index contributed by atoms with van der Waals surface area (Å²) in [4.78, 5) is 17.3. The summed E-state index contributed by atoms with van der Waals surface area (Å²) in [5.41, 5.74) is 3.77. The van der Waals surface area contributed by atoms with Crippen LogP contribution >= 0.6 is 23.2 Å². The molecule has 1 N–H and O–H groups in total. The molecule has 1 atom stereocenters. The Balaban J connectivity index is 1.62. The van der Waals surface area contributed by atoms with E-state index in [4.69, 9.17) is 27.9 Å². The van der Waals surface area contributed by atoms with Crippen molar-refractivity contribution in [2.45, 2.75) is 38.3 Å². The van der Waals surface area contributed by atoms with Crippen molar-refractivity contribution in [1.29, 1.82) is 0 Å². The number of fused-ring (bicyclic) bond motifs is 1. The highest BCUT2D eigenvalue weighted by Crippen LogP contribution is 2.29. The van der Waals surface area contributed by atoms with Crippen molar-refractivity contribution in [3.63, 3.8) is 0 Å². The van der Waals surface area contributed by atoms with Crippen molar-refractivity contribution in [3.05, 3.63) is 88.7 Å². The lowest BCUT2D eigenvalue weighted by Gasteiger charge is -2.15. The molecular formula is C26H26Cl2N4O2. The topological polar surface area (TPSA) is 69.0 Å². The number of alkyl halides is 1. The van der Waals surface area contributed by atoms with Crippen molar-refractivity contribution >= 4 is 45.9 Å². The number of nitrogens with one attached hydrogen (secondary N) is 1. The van der Waals surface area contributed by atoms with Crippen LogP contribution in [0.3, 0.4) is 0 Å². The van der Waals surface area contributed by atoms with Crippen LogP contribution in [0.1, 0.15) is 40.7 Å². The third kappa shape index (κ3) is 5.69. The third-order valence-electron chi connectivity index (χ3n) is 5.33. The summed E-state index contributed by atoms with van der Waals surface area (Å²) in [6.45, 7) is 4.67. The number of benzene rings is 2. The molecule has 4 rings (SSSR count). The van der Waals surface area contributed by atoms with E-state index >= 15 is 0 Å². The van der Waals surface area contributed by atoms with E-state index in [1.54, 1.807) is 17.1 Å². The zero-order valence-corrected chi connectivity index (χ0v) is 20.6. The van der Waals surface area contributed by atoms with Gasteiger partial charge in [-0.1, -0.05) is 54.1 Å². The van der Waals surface area contributed by atoms with E-state index < -0.39 is 5.97 Å². The largest absolute Gasteiger partial charge is 0.459 e. The first-order valence-corrected chi connectivity index (χ1v) is 12.0. The van der Waals surface area contributed by atoms with Crippen LogP contribution in [0, 0.1) is 0 Å². The number of carbonyl (C=O) groups excluding carboxylic acids is 1. The van der Waals surface area contributed by atoms with Gasteiger partial charge in [-0.15, -0.1) is 11.6 Å². The Kier molecular flexibility index (Phi) is 7.70. The number of esters is 1. The van der Waals surface area contributed by atoms with Crippen molar-refractivity contribution < 1.29 is 9.53 Å². The molecule has 2 aromatic heterocycles. The van der Waals surface area contributed by atoms with Gasteiger partial charge in [0, 0.05) is 17.8 Å². The first-order valence-electron chi connectivity index (χ1n) is 11.1. The number of hydrogen-bond acceptors (Lipinski definition) is 5. The quantitative estimate of drug-likeness (QED) is 0.218. The van der Waals surface area contributed by atoms with Gasteiger partial charge in [0.15, 0.2) is 5.65 Å². The maximum atomic E-state index is 12.8. The molecule has 2 heterocycles. The van der Waals surface area contributed by atoms with E-state index in [0.29, 0.717) is 35.0 Å². The third-order valence-corrected chi connectivity index (χ3v) is 5.95. The second-order valence-corrected chi connectivity index (χ2v) is 9.21. The van der Waals surface area contributed by atoms with E-state index in [9.17, 15) is 4.79 Å². The number of aromatic nitrogens is 3. The molecule has 176 valence electrons. The van der Waals surface area contributed by atoms with E-state index in [2.05, 4.69) is 15.4 Å². The summed E-state index contributed by atoms with van der Waals surface area (Å²) in [7, 11) is 0. The van der Waals surface area contributed by atoms with Crippen LogP contribution in [0.2, 0.25) is 5.02 Å². The van der Waals surface area contributed by atoms with Gasteiger partial charge in [0.25, 0.3) is 0 Å². The van der Waals surface area contributed by atoms with Gasteiger partial charge in [-0.3, -0.25) is 0 Å². The lowest BCUT2D eigenvalue weighted by Crippen LogP contribution is -2.16. The smallest absolute Gasteiger partial charge is 0.342 e. The number of halogens is 2.